The minimum absolute atomic E-state index is 0.345. The number of carbonyl (C=O) groups is 1. The van der Waals surface area contributed by atoms with Crippen LogP contribution >= 0.6 is 11.3 Å². The monoisotopic (exact) mass is 323 g/mol. The van der Waals surface area contributed by atoms with Crippen LogP contribution in [-0.4, -0.2) is 16.1 Å². The quantitative estimate of drug-likeness (QED) is 0.746. The Morgan fingerprint density at radius 1 is 1.09 bits per heavy atom. The van der Waals surface area contributed by atoms with Crippen molar-refractivity contribution < 1.29 is 9.90 Å². The molecule has 23 heavy (non-hydrogen) atoms. The number of aromatic carboxylic acids is 1. The highest BCUT2D eigenvalue weighted by molar-refractivity contribution is 7.17. The number of aromatic nitrogens is 1. The molecule has 0 bridgehead atoms. The Morgan fingerprint density at radius 2 is 1.87 bits per heavy atom. The summed E-state index contributed by atoms with van der Waals surface area (Å²) < 4.78 is 0. The molecule has 2 aromatic carbocycles. The molecule has 0 saturated heterocycles. The van der Waals surface area contributed by atoms with Crippen LogP contribution in [0.2, 0.25) is 0 Å². The normalized spacial score (nSPS) is 10.7. The number of carboxylic acids is 1. The molecule has 1 aromatic heterocycles. The maximum Gasteiger partial charge on any atom is 0.347 e. The number of thiazole rings is 1. The predicted molar refractivity (Wildman–Crippen MR) is 93.1 cm³/mol. The van der Waals surface area contributed by atoms with Crippen LogP contribution < -0.4 is 0 Å². The van der Waals surface area contributed by atoms with Crippen molar-refractivity contribution in [2.75, 3.05) is 0 Å². The average Bonchev–Trinajstić information content (AvgIpc) is 2.98. The third-order valence-corrected chi connectivity index (χ3v) is 4.78. The van der Waals surface area contributed by atoms with Gasteiger partial charge in [-0.05, 0) is 31.4 Å². The molecular formula is C19H17NO2S. The first kappa shape index (κ1) is 15.4. The van der Waals surface area contributed by atoms with Crippen molar-refractivity contribution in [2.24, 2.45) is 0 Å². The Balaban J connectivity index is 1.88. The zero-order valence-corrected chi connectivity index (χ0v) is 13.6. The first-order chi connectivity index (χ1) is 11.1. The molecular weight excluding hydrogens is 306 g/mol. The average molecular weight is 323 g/mol. The van der Waals surface area contributed by atoms with E-state index in [2.05, 4.69) is 4.98 Å². The summed E-state index contributed by atoms with van der Waals surface area (Å²) in [6.07, 6.45) is 1.42. The summed E-state index contributed by atoms with van der Waals surface area (Å²) in [7, 11) is 0. The minimum atomic E-state index is -0.899. The van der Waals surface area contributed by atoms with Crippen LogP contribution in [0.15, 0.2) is 54.6 Å². The topological polar surface area (TPSA) is 50.2 Å². The zero-order valence-electron chi connectivity index (χ0n) is 12.8. The third kappa shape index (κ3) is 3.66. The van der Waals surface area contributed by atoms with Crippen molar-refractivity contribution in [1.82, 2.24) is 4.98 Å². The maximum absolute atomic E-state index is 11.5. The Labute approximate surface area is 139 Å². The third-order valence-electron chi connectivity index (χ3n) is 3.65. The Morgan fingerprint density at radius 3 is 2.57 bits per heavy atom. The summed E-state index contributed by atoms with van der Waals surface area (Å²) in [5.74, 6) is -0.899. The molecule has 0 unspecified atom stereocenters. The van der Waals surface area contributed by atoms with Crippen molar-refractivity contribution in [3.63, 3.8) is 0 Å². The minimum Gasteiger partial charge on any atom is -0.477 e. The molecule has 0 aliphatic heterocycles. The number of hydrogen-bond donors (Lipinski definition) is 1. The van der Waals surface area contributed by atoms with Crippen molar-refractivity contribution in [3.05, 3.63) is 76.3 Å². The van der Waals surface area contributed by atoms with Gasteiger partial charge in [-0.15, -0.1) is 11.3 Å². The Kier molecular flexibility index (Phi) is 4.53. The van der Waals surface area contributed by atoms with Crippen LogP contribution in [0.4, 0.5) is 0 Å². The summed E-state index contributed by atoms with van der Waals surface area (Å²) in [4.78, 5) is 16.5. The van der Waals surface area contributed by atoms with E-state index in [-0.39, 0.29) is 0 Å². The van der Waals surface area contributed by atoms with E-state index in [4.69, 9.17) is 0 Å². The smallest absolute Gasteiger partial charge is 0.347 e. The van der Waals surface area contributed by atoms with E-state index < -0.39 is 5.97 Å². The van der Waals surface area contributed by atoms with Gasteiger partial charge in [0.25, 0.3) is 0 Å². The Bertz CT molecular complexity index is 824. The molecule has 3 nitrogen and oxygen atoms in total. The van der Waals surface area contributed by atoms with E-state index in [1.807, 2.05) is 61.5 Å². The van der Waals surface area contributed by atoms with Gasteiger partial charge in [-0.25, -0.2) is 9.78 Å². The number of aryl methyl sites for hydroxylation is 3. The molecule has 1 N–H and O–H groups in total. The highest BCUT2D eigenvalue weighted by atomic mass is 32.1. The second kappa shape index (κ2) is 6.75. The van der Waals surface area contributed by atoms with Gasteiger partial charge in [0.15, 0.2) is 0 Å². The predicted octanol–water partition coefficient (Wildman–Crippen LogP) is 4.60. The molecule has 0 spiro atoms. The van der Waals surface area contributed by atoms with Gasteiger partial charge in [-0.2, -0.15) is 0 Å². The van der Waals surface area contributed by atoms with Gasteiger partial charge in [0.05, 0.1) is 5.69 Å². The van der Waals surface area contributed by atoms with Crippen LogP contribution in [0.1, 0.15) is 26.5 Å². The highest BCUT2D eigenvalue weighted by Crippen LogP contribution is 2.29. The largest absolute Gasteiger partial charge is 0.477 e. The van der Waals surface area contributed by atoms with Crippen LogP contribution in [0.3, 0.4) is 0 Å². The molecule has 0 radical (unpaired) electrons. The number of benzene rings is 2. The van der Waals surface area contributed by atoms with Crippen LogP contribution in [0, 0.1) is 6.92 Å². The van der Waals surface area contributed by atoms with Gasteiger partial charge < -0.3 is 5.11 Å². The number of hydrogen-bond acceptors (Lipinski definition) is 3. The molecule has 0 saturated carbocycles. The van der Waals surface area contributed by atoms with E-state index in [0.29, 0.717) is 17.0 Å². The second-order valence-corrected chi connectivity index (χ2v) is 6.45. The van der Waals surface area contributed by atoms with Gasteiger partial charge in [0, 0.05) is 5.56 Å². The standard InChI is InChI=1S/C19H17NO2S/c1-13-6-5-9-15(12-13)18-20-16(17(23-18)19(21)22)11-10-14-7-3-2-4-8-14/h2-9,12H,10-11H2,1H3,(H,21,22). The van der Waals surface area contributed by atoms with Crippen molar-refractivity contribution in [3.8, 4) is 10.6 Å². The molecule has 0 fully saturated rings. The number of nitrogens with zero attached hydrogens (tertiary/aromatic N) is 1. The van der Waals surface area contributed by atoms with E-state index in [1.165, 1.54) is 16.9 Å². The summed E-state index contributed by atoms with van der Waals surface area (Å²) in [6, 6.07) is 18.1. The molecule has 0 aliphatic rings. The fraction of sp³-hybridized carbons (Fsp3) is 0.158. The first-order valence-electron chi connectivity index (χ1n) is 7.47. The molecule has 1 heterocycles. The van der Waals surface area contributed by atoms with E-state index >= 15 is 0 Å². The molecule has 0 aliphatic carbocycles. The summed E-state index contributed by atoms with van der Waals surface area (Å²) in [6.45, 7) is 2.02. The summed E-state index contributed by atoms with van der Waals surface area (Å²) >= 11 is 1.25. The lowest BCUT2D eigenvalue weighted by Crippen LogP contribution is -2.00. The maximum atomic E-state index is 11.5. The fourth-order valence-electron chi connectivity index (χ4n) is 2.50. The lowest BCUT2D eigenvalue weighted by molar-refractivity contribution is 0.0700. The Hall–Kier alpha value is -2.46. The van der Waals surface area contributed by atoms with Gasteiger partial charge in [0.2, 0.25) is 0 Å². The van der Waals surface area contributed by atoms with Gasteiger partial charge in [-0.3, -0.25) is 0 Å². The SMILES string of the molecule is Cc1cccc(-c2nc(CCc3ccccc3)c(C(=O)O)s2)c1. The summed E-state index contributed by atoms with van der Waals surface area (Å²) in [5, 5.41) is 10.2. The number of rotatable bonds is 5. The van der Waals surface area contributed by atoms with Crippen LogP contribution in [0.25, 0.3) is 10.6 Å². The van der Waals surface area contributed by atoms with Gasteiger partial charge >= 0.3 is 5.97 Å². The van der Waals surface area contributed by atoms with E-state index in [9.17, 15) is 9.90 Å². The lowest BCUT2D eigenvalue weighted by Gasteiger charge is -2.00. The van der Waals surface area contributed by atoms with Gasteiger partial charge in [0.1, 0.15) is 9.88 Å². The molecule has 116 valence electrons. The van der Waals surface area contributed by atoms with E-state index in [1.54, 1.807) is 0 Å². The molecule has 3 rings (SSSR count). The highest BCUT2D eigenvalue weighted by Gasteiger charge is 2.18. The molecule has 4 heteroatoms. The van der Waals surface area contributed by atoms with Crippen molar-refractivity contribution in [2.45, 2.75) is 19.8 Å². The first-order valence-corrected chi connectivity index (χ1v) is 8.29. The fourth-order valence-corrected chi connectivity index (χ4v) is 3.44. The van der Waals surface area contributed by atoms with Crippen LogP contribution in [-0.2, 0) is 12.8 Å². The molecule has 3 aromatic rings. The lowest BCUT2D eigenvalue weighted by atomic mass is 10.1. The van der Waals surface area contributed by atoms with Gasteiger partial charge in [-0.1, -0.05) is 54.1 Å². The summed E-state index contributed by atoms with van der Waals surface area (Å²) in [5.41, 5.74) is 3.97. The second-order valence-electron chi connectivity index (χ2n) is 5.46. The number of carboxylic acid groups (broad SMARTS) is 1. The zero-order chi connectivity index (χ0) is 16.2. The van der Waals surface area contributed by atoms with Crippen molar-refractivity contribution >= 4 is 17.3 Å². The van der Waals surface area contributed by atoms with Crippen molar-refractivity contribution in [1.29, 1.82) is 0 Å². The van der Waals surface area contributed by atoms with Crippen LogP contribution in [0.5, 0.6) is 0 Å². The van der Waals surface area contributed by atoms with E-state index in [0.717, 1.165) is 22.6 Å². The molecule has 0 atom stereocenters. The molecule has 0 amide bonds.